The Bertz CT molecular complexity index is 442. The van der Waals surface area contributed by atoms with Gasteiger partial charge in [-0.15, -0.1) is 0 Å². The SMILES string of the molecule is Cc1c(C)c(Br)c(C)c(C(CN)C(=O)O)c1O. The predicted molar refractivity (Wildman–Crippen MR) is 69.4 cm³/mol. The van der Waals surface area contributed by atoms with Crippen LogP contribution in [0.1, 0.15) is 28.2 Å². The molecule has 0 bridgehead atoms. The van der Waals surface area contributed by atoms with E-state index in [4.69, 9.17) is 10.8 Å². The molecule has 1 atom stereocenters. The second kappa shape index (κ2) is 5.06. The van der Waals surface area contributed by atoms with Crippen LogP contribution in [0.25, 0.3) is 0 Å². The summed E-state index contributed by atoms with van der Waals surface area (Å²) in [4.78, 5) is 11.1. The fourth-order valence-electron chi connectivity index (χ4n) is 1.89. The molecule has 0 spiro atoms. The third-order valence-electron chi connectivity index (χ3n) is 3.12. The molecule has 1 rings (SSSR count). The minimum absolute atomic E-state index is 0.0288. The van der Waals surface area contributed by atoms with Gasteiger partial charge in [0.25, 0.3) is 0 Å². The number of benzene rings is 1. The average molecular weight is 302 g/mol. The Morgan fingerprint density at radius 3 is 2.24 bits per heavy atom. The Morgan fingerprint density at radius 2 is 1.82 bits per heavy atom. The van der Waals surface area contributed by atoms with Gasteiger partial charge in [0.05, 0.1) is 5.92 Å². The van der Waals surface area contributed by atoms with Crippen molar-refractivity contribution in [2.24, 2.45) is 5.73 Å². The zero-order valence-electron chi connectivity index (χ0n) is 10.0. The second-order valence-corrected chi connectivity index (χ2v) is 4.87. The maximum Gasteiger partial charge on any atom is 0.312 e. The number of aromatic hydroxyl groups is 1. The number of hydrogen-bond donors (Lipinski definition) is 3. The number of carboxylic acid groups (broad SMARTS) is 1. The summed E-state index contributed by atoms with van der Waals surface area (Å²) in [5, 5.41) is 19.2. The smallest absolute Gasteiger partial charge is 0.312 e. The van der Waals surface area contributed by atoms with Gasteiger partial charge >= 0.3 is 5.97 Å². The molecule has 0 aliphatic heterocycles. The lowest BCUT2D eigenvalue weighted by Gasteiger charge is -2.20. The van der Waals surface area contributed by atoms with Crippen LogP contribution in [0.4, 0.5) is 0 Å². The first kappa shape index (κ1) is 14.0. The van der Waals surface area contributed by atoms with Crippen LogP contribution in [0, 0.1) is 20.8 Å². The fourth-order valence-corrected chi connectivity index (χ4v) is 2.40. The summed E-state index contributed by atoms with van der Waals surface area (Å²) in [6.07, 6.45) is 0. The highest BCUT2D eigenvalue weighted by Gasteiger charge is 2.26. The number of phenolic OH excluding ortho intramolecular Hbond substituents is 1. The number of carbonyl (C=O) groups is 1. The third-order valence-corrected chi connectivity index (χ3v) is 4.31. The van der Waals surface area contributed by atoms with E-state index in [1.807, 2.05) is 6.92 Å². The van der Waals surface area contributed by atoms with E-state index in [0.717, 1.165) is 15.6 Å². The minimum Gasteiger partial charge on any atom is -0.507 e. The molecule has 1 aromatic rings. The quantitative estimate of drug-likeness (QED) is 0.799. The van der Waals surface area contributed by atoms with Crippen LogP contribution in [0.2, 0.25) is 0 Å². The van der Waals surface area contributed by atoms with E-state index in [2.05, 4.69) is 15.9 Å². The summed E-state index contributed by atoms with van der Waals surface area (Å²) in [6, 6.07) is 0. The number of phenols is 1. The predicted octanol–water partition coefficient (Wildman–Crippen LogP) is 2.21. The van der Waals surface area contributed by atoms with Gasteiger partial charge in [-0.05, 0) is 37.5 Å². The van der Waals surface area contributed by atoms with Crippen molar-refractivity contribution in [3.8, 4) is 5.75 Å². The van der Waals surface area contributed by atoms with Gasteiger partial charge in [-0.1, -0.05) is 15.9 Å². The molecular weight excluding hydrogens is 286 g/mol. The topological polar surface area (TPSA) is 83.6 Å². The van der Waals surface area contributed by atoms with E-state index in [-0.39, 0.29) is 12.3 Å². The van der Waals surface area contributed by atoms with Crippen LogP contribution in [0.5, 0.6) is 5.75 Å². The summed E-state index contributed by atoms with van der Waals surface area (Å²) in [5.41, 5.74) is 8.18. The summed E-state index contributed by atoms with van der Waals surface area (Å²) in [6.45, 7) is 5.36. The second-order valence-electron chi connectivity index (χ2n) is 4.08. The number of rotatable bonds is 3. The Balaban J connectivity index is 3.58. The van der Waals surface area contributed by atoms with Crippen LogP contribution in [-0.4, -0.2) is 22.7 Å². The Morgan fingerprint density at radius 1 is 1.29 bits per heavy atom. The lowest BCUT2D eigenvalue weighted by Crippen LogP contribution is -2.22. The molecule has 0 radical (unpaired) electrons. The molecule has 4 nitrogen and oxygen atoms in total. The van der Waals surface area contributed by atoms with E-state index in [1.54, 1.807) is 13.8 Å². The number of nitrogens with two attached hydrogens (primary N) is 1. The molecule has 0 fully saturated rings. The summed E-state index contributed by atoms with van der Waals surface area (Å²) < 4.78 is 0.822. The van der Waals surface area contributed by atoms with Gasteiger partial charge in [0.1, 0.15) is 5.75 Å². The number of hydrogen-bond acceptors (Lipinski definition) is 3. The Labute approximate surface area is 109 Å². The van der Waals surface area contributed by atoms with E-state index in [9.17, 15) is 9.90 Å². The van der Waals surface area contributed by atoms with E-state index >= 15 is 0 Å². The first-order chi connectivity index (χ1) is 7.82. The van der Waals surface area contributed by atoms with Crippen LogP contribution in [0.3, 0.4) is 0 Å². The van der Waals surface area contributed by atoms with Crippen LogP contribution < -0.4 is 5.73 Å². The van der Waals surface area contributed by atoms with Crippen molar-refractivity contribution in [2.45, 2.75) is 26.7 Å². The highest BCUT2D eigenvalue weighted by Crippen LogP contribution is 2.39. The molecule has 4 N–H and O–H groups in total. The summed E-state index contributed by atoms with van der Waals surface area (Å²) in [7, 11) is 0. The normalized spacial score (nSPS) is 12.5. The highest BCUT2D eigenvalue weighted by atomic mass is 79.9. The van der Waals surface area contributed by atoms with E-state index in [0.29, 0.717) is 11.1 Å². The van der Waals surface area contributed by atoms with Crippen molar-refractivity contribution in [3.63, 3.8) is 0 Å². The Kier molecular flexibility index (Phi) is 4.16. The standard InChI is InChI=1S/C12H16BrNO3/c1-5-6(2)11(15)9(7(3)10(5)13)8(4-14)12(16)17/h8,15H,4,14H2,1-3H3,(H,16,17). The lowest BCUT2D eigenvalue weighted by atomic mass is 9.90. The largest absolute Gasteiger partial charge is 0.507 e. The maximum absolute atomic E-state index is 11.1. The number of carboxylic acids is 1. The molecule has 17 heavy (non-hydrogen) atoms. The first-order valence-corrected chi connectivity index (χ1v) is 6.03. The molecule has 0 saturated carbocycles. The van der Waals surface area contributed by atoms with Gasteiger partial charge in [-0.3, -0.25) is 4.79 Å². The molecule has 1 unspecified atom stereocenters. The molecule has 0 aliphatic carbocycles. The van der Waals surface area contributed by atoms with Crippen molar-refractivity contribution < 1.29 is 15.0 Å². The summed E-state index contributed by atoms with van der Waals surface area (Å²) in [5.74, 6) is -1.88. The number of halogens is 1. The molecule has 0 aromatic heterocycles. The van der Waals surface area contributed by atoms with Gasteiger partial charge in [0, 0.05) is 16.6 Å². The maximum atomic E-state index is 11.1. The van der Waals surface area contributed by atoms with Crippen LogP contribution in [0.15, 0.2) is 4.47 Å². The van der Waals surface area contributed by atoms with Crippen molar-refractivity contribution in [2.75, 3.05) is 6.54 Å². The molecule has 0 heterocycles. The zero-order valence-corrected chi connectivity index (χ0v) is 11.6. The zero-order chi connectivity index (χ0) is 13.3. The van der Waals surface area contributed by atoms with Crippen molar-refractivity contribution in [1.82, 2.24) is 0 Å². The molecule has 0 saturated heterocycles. The van der Waals surface area contributed by atoms with E-state index in [1.165, 1.54) is 0 Å². The third kappa shape index (κ3) is 2.30. The molecule has 0 aliphatic rings. The average Bonchev–Trinajstić information content (AvgIpc) is 2.29. The van der Waals surface area contributed by atoms with Gasteiger partial charge in [-0.2, -0.15) is 0 Å². The molecule has 94 valence electrons. The molecular formula is C12H16BrNO3. The van der Waals surface area contributed by atoms with Gasteiger partial charge in [0.15, 0.2) is 0 Å². The van der Waals surface area contributed by atoms with Gasteiger partial charge in [-0.25, -0.2) is 0 Å². The molecule has 0 amide bonds. The highest BCUT2D eigenvalue weighted by molar-refractivity contribution is 9.10. The summed E-state index contributed by atoms with van der Waals surface area (Å²) >= 11 is 3.42. The Hall–Kier alpha value is -1.07. The first-order valence-electron chi connectivity index (χ1n) is 5.23. The van der Waals surface area contributed by atoms with Crippen LogP contribution in [-0.2, 0) is 4.79 Å². The fraction of sp³-hybridized carbons (Fsp3) is 0.417. The molecule has 1 aromatic carbocycles. The van der Waals surface area contributed by atoms with Crippen molar-refractivity contribution >= 4 is 21.9 Å². The minimum atomic E-state index is -1.03. The molecule has 5 heteroatoms. The van der Waals surface area contributed by atoms with Gasteiger partial charge in [0.2, 0.25) is 0 Å². The van der Waals surface area contributed by atoms with Crippen LogP contribution >= 0.6 is 15.9 Å². The van der Waals surface area contributed by atoms with Crippen molar-refractivity contribution in [1.29, 1.82) is 0 Å². The monoisotopic (exact) mass is 301 g/mol. The van der Waals surface area contributed by atoms with Crippen molar-refractivity contribution in [3.05, 3.63) is 26.7 Å². The van der Waals surface area contributed by atoms with Gasteiger partial charge < -0.3 is 15.9 Å². The van der Waals surface area contributed by atoms with E-state index < -0.39 is 11.9 Å². The number of aliphatic carboxylic acids is 1. The lowest BCUT2D eigenvalue weighted by molar-refractivity contribution is -0.138.